The van der Waals surface area contributed by atoms with Crippen LogP contribution in [0.1, 0.15) is 24.8 Å². The Bertz CT molecular complexity index is 245. The standard InChI is InChI=1S/C9H11ClFN/c1-6(2)9(10)7-3-4-8(11)12-5-7/h3-6,9H,1-2H3. The Morgan fingerprint density at radius 2 is 2.08 bits per heavy atom. The van der Waals surface area contributed by atoms with Gasteiger partial charge in [-0.2, -0.15) is 4.39 Å². The van der Waals surface area contributed by atoms with Crippen LogP contribution in [0.3, 0.4) is 0 Å². The van der Waals surface area contributed by atoms with E-state index in [-0.39, 0.29) is 5.38 Å². The molecule has 1 nitrogen and oxygen atoms in total. The number of hydrogen-bond donors (Lipinski definition) is 0. The lowest BCUT2D eigenvalue weighted by Gasteiger charge is -2.12. The van der Waals surface area contributed by atoms with E-state index in [1.54, 1.807) is 6.07 Å². The van der Waals surface area contributed by atoms with Gasteiger partial charge in [-0.1, -0.05) is 19.9 Å². The molecule has 1 heterocycles. The molecule has 0 spiro atoms. The van der Waals surface area contributed by atoms with Gasteiger partial charge in [-0.3, -0.25) is 0 Å². The average molecular weight is 188 g/mol. The summed E-state index contributed by atoms with van der Waals surface area (Å²) >= 11 is 6.03. The number of halogens is 2. The maximum absolute atomic E-state index is 12.4. The second kappa shape index (κ2) is 3.85. The van der Waals surface area contributed by atoms with Crippen molar-refractivity contribution in [2.24, 2.45) is 5.92 Å². The van der Waals surface area contributed by atoms with E-state index in [1.807, 2.05) is 13.8 Å². The Labute approximate surface area is 76.6 Å². The van der Waals surface area contributed by atoms with Crippen LogP contribution >= 0.6 is 11.6 Å². The Hall–Kier alpha value is -0.630. The third-order valence-corrected chi connectivity index (χ3v) is 2.41. The van der Waals surface area contributed by atoms with E-state index in [2.05, 4.69) is 4.98 Å². The van der Waals surface area contributed by atoms with Gasteiger partial charge in [0, 0.05) is 6.20 Å². The van der Waals surface area contributed by atoms with Gasteiger partial charge < -0.3 is 0 Å². The molecule has 0 bridgehead atoms. The molecule has 66 valence electrons. The monoisotopic (exact) mass is 187 g/mol. The van der Waals surface area contributed by atoms with Crippen molar-refractivity contribution >= 4 is 11.6 Å². The first kappa shape index (κ1) is 9.46. The lowest BCUT2D eigenvalue weighted by atomic mass is 10.0. The molecule has 0 N–H and O–H groups in total. The molecule has 0 saturated heterocycles. The second-order valence-electron chi connectivity index (χ2n) is 3.06. The summed E-state index contributed by atoms with van der Waals surface area (Å²) in [6.07, 6.45) is 1.48. The van der Waals surface area contributed by atoms with Gasteiger partial charge >= 0.3 is 0 Å². The number of pyridine rings is 1. The molecule has 0 amide bonds. The summed E-state index contributed by atoms with van der Waals surface area (Å²) in [6.45, 7) is 4.03. The number of rotatable bonds is 2. The largest absolute Gasteiger partial charge is 0.228 e. The average Bonchev–Trinajstić information content (AvgIpc) is 2.04. The molecule has 0 fully saturated rings. The van der Waals surface area contributed by atoms with E-state index in [1.165, 1.54) is 12.3 Å². The van der Waals surface area contributed by atoms with Crippen LogP contribution in [0, 0.1) is 11.9 Å². The van der Waals surface area contributed by atoms with Crippen LogP contribution in [0.2, 0.25) is 0 Å². The van der Waals surface area contributed by atoms with Crippen molar-refractivity contribution in [1.29, 1.82) is 0 Å². The first-order valence-corrected chi connectivity index (χ1v) is 4.30. The summed E-state index contributed by atoms with van der Waals surface area (Å²) in [5, 5.41) is -0.0851. The van der Waals surface area contributed by atoms with E-state index in [9.17, 15) is 4.39 Å². The minimum absolute atomic E-state index is 0.0851. The minimum Gasteiger partial charge on any atom is -0.228 e. The van der Waals surface area contributed by atoms with Crippen LogP contribution in [0.5, 0.6) is 0 Å². The van der Waals surface area contributed by atoms with Gasteiger partial charge in [0.05, 0.1) is 5.38 Å². The third kappa shape index (κ3) is 2.18. The maximum Gasteiger partial charge on any atom is 0.212 e. The molecular weight excluding hydrogens is 177 g/mol. The molecule has 0 aliphatic heterocycles. The molecule has 0 radical (unpaired) electrons. The predicted octanol–water partition coefficient (Wildman–Crippen LogP) is 3.16. The Kier molecular flexibility index (Phi) is 3.04. The van der Waals surface area contributed by atoms with Crippen LogP contribution < -0.4 is 0 Å². The lowest BCUT2D eigenvalue weighted by Crippen LogP contribution is -1.99. The van der Waals surface area contributed by atoms with Crippen LogP contribution in [0.4, 0.5) is 4.39 Å². The summed E-state index contributed by atoms with van der Waals surface area (Å²) < 4.78 is 12.4. The highest BCUT2D eigenvalue weighted by molar-refractivity contribution is 6.20. The van der Waals surface area contributed by atoms with Crippen molar-refractivity contribution in [3.05, 3.63) is 29.8 Å². The van der Waals surface area contributed by atoms with Crippen molar-refractivity contribution in [1.82, 2.24) is 4.98 Å². The van der Waals surface area contributed by atoms with Gasteiger partial charge in [-0.05, 0) is 17.5 Å². The zero-order valence-electron chi connectivity index (χ0n) is 7.09. The van der Waals surface area contributed by atoms with Crippen molar-refractivity contribution in [2.75, 3.05) is 0 Å². The van der Waals surface area contributed by atoms with Crippen LogP contribution in [0.25, 0.3) is 0 Å². The predicted molar refractivity (Wildman–Crippen MR) is 47.6 cm³/mol. The summed E-state index contributed by atoms with van der Waals surface area (Å²) in [7, 11) is 0. The Balaban J connectivity index is 2.82. The second-order valence-corrected chi connectivity index (χ2v) is 3.53. The summed E-state index contributed by atoms with van der Waals surface area (Å²) in [5.74, 6) is -0.134. The smallest absolute Gasteiger partial charge is 0.212 e. The quantitative estimate of drug-likeness (QED) is 0.512. The molecule has 0 aliphatic rings. The topological polar surface area (TPSA) is 12.9 Å². The van der Waals surface area contributed by atoms with Crippen LogP contribution in [-0.2, 0) is 0 Å². The summed E-state index contributed by atoms with van der Waals surface area (Å²) in [4.78, 5) is 3.53. The fourth-order valence-electron chi connectivity index (χ4n) is 0.935. The number of aromatic nitrogens is 1. The highest BCUT2D eigenvalue weighted by Gasteiger charge is 2.12. The van der Waals surface area contributed by atoms with Crippen molar-refractivity contribution in [3.63, 3.8) is 0 Å². The SMILES string of the molecule is CC(C)C(Cl)c1ccc(F)nc1. The van der Waals surface area contributed by atoms with Gasteiger partial charge in [-0.15, -0.1) is 11.6 Å². The van der Waals surface area contributed by atoms with Gasteiger partial charge in [0.15, 0.2) is 0 Å². The molecule has 1 atom stereocenters. The Morgan fingerprint density at radius 1 is 1.42 bits per heavy atom. The van der Waals surface area contributed by atoms with E-state index >= 15 is 0 Å². The lowest BCUT2D eigenvalue weighted by molar-refractivity contribution is 0.575. The number of nitrogens with zero attached hydrogens (tertiary/aromatic N) is 1. The van der Waals surface area contributed by atoms with Gasteiger partial charge in [-0.25, -0.2) is 4.98 Å². The molecule has 1 aromatic heterocycles. The van der Waals surface area contributed by atoms with Crippen LogP contribution in [-0.4, -0.2) is 4.98 Å². The molecule has 12 heavy (non-hydrogen) atoms. The first-order chi connectivity index (χ1) is 5.61. The summed E-state index contributed by atoms with van der Waals surface area (Å²) in [6, 6.07) is 2.99. The third-order valence-electron chi connectivity index (χ3n) is 1.65. The molecular formula is C9H11ClFN. The minimum atomic E-state index is -0.466. The van der Waals surface area contributed by atoms with Gasteiger partial charge in [0.1, 0.15) is 0 Å². The Morgan fingerprint density at radius 3 is 2.50 bits per heavy atom. The zero-order valence-corrected chi connectivity index (χ0v) is 7.85. The number of hydrogen-bond acceptors (Lipinski definition) is 1. The highest BCUT2D eigenvalue weighted by atomic mass is 35.5. The van der Waals surface area contributed by atoms with E-state index in [0.717, 1.165) is 5.56 Å². The fraction of sp³-hybridized carbons (Fsp3) is 0.444. The molecule has 1 unspecified atom stereocenters. The first-order valence-electron chi connectivity index (χ1n) is 3.87. The molecule has 0 aromatic carbocycles. The van der Waals surface area contributed by atoms with Crippen molar-refractivity contribution in [3.8, 4) is 0 Å². The number of alkyl halides is 1. The van der Waals surface area contributed by atoms with E-state index in [4.69, 9.17) is 11.6 Å². The fourth-order valence-corrected chi connectivity index (χ4v) is 1.06. The van der Waals surface area contributed by atoms with Gasteiger partial charge in [0.25, 0.3) is 0 Å². The van der Waals surface area contributed by atoms with Crippen molar-refractivity contribution in [2.45, 2.75) is 19.2 Å². The molecule has 0 aliphatic carbocycles. The van der Waals surface area contributed by atoms with Crippen molar-refractivity contribution < 1.29 is 4.39 Å². The highest BCUT2D eigenvalue weighted by Crippen LogP contribution is 2.27. The van der Waals surface area contributed by atoms with Gasteiger partial charge in [0.2, 0.25) is 5.95 Å². The normalized spacial score (nSPS) is 13.4. The zero-order chi connectivity index (χ0) is 9.14. The summed E-state index contributed by atoms with van der Waals surface area (Å²) in [5.41, 5.74) is 0.869. The molecule has 1 rings (SSSR count). The molecule has 3 heteroatoms. The molecule has 1 aromatic rings. The van der Waals surface area contributed by atoms with E-state index < -0.39 is 5.95 Å². The van der Waals surface area contributed by atoms with Crippen LogP contribution in [0.15, 0.2) is 18.3 Å². The maximum atomic E-state index is 12.4. The van der Waals surface area contributed by atoms with E-state index in [0.29, 0.717) is 5.92 Å². The molecule has 0 saturated carbocycles.